The molecule has 1 aliphatic heterocycles. The maximum absolute atomic E-state index is 12.3. The molecule has 0 radical (unpaired) electrons. The highest BCUT2D eigenvalue weighted by molar-refractivity contribution is 7.89. The van der Waals surface area contributed by atoms with E-state index in [9.17, 15) is 4.55 Å². The molecule has 1 saturated heterocycles. The van der Waals surface area contributed by atoms with E-state index in [4.69, 9.17) is 11.6 Å². The van der Waals surface area contributed by atoms with Crippen LogP contribution >= 0.6 is 11.6 Å². The zero-order valence-corrected chi connectivity index (χ0v) is 12.5. The molecule has 0 N–H and O–H groups in total. The van der Waals surface area contributed by atoms with Gasteiger partial charge in [-0.1, -0.05) is 37.6 Å². The zero-order chi connectivity index (χ0) is 13.1. The first kappa shape index (κ1) is 14.2. The number of nitrogens with zero attached hydrogens (tertiary/aromatic N) is 1. The first-order chi connectivity index (χ1) is 8.58. The van der Waals surface area contributed by atoms with Gasteiger partial charge in [-0.05, 0) is 36.5 Å². The molecule has 0 saturated carbocycles. The molecular weight excluding hydrogens is 266 g/mol. The minimum absolute atomic E-state index is 0.293. The van der Waals surface area contributed by atoms with Crippen molar-refractivity contribution in [1.82, 2.24) is 4.31 Å². The summed E-state index contributed by atoms with van der Waals surface area (Å²) in [4.78, 5) is 0. The van der Waals surface area contributed by atoms with Crippen LogP contribution in [0.15, 0.2) is 24.3 Å². The molecule has 2 rings (SSSR count). The van der Waals surface area contributed by atoms with Gasteiger partial charge in [0.2, 0.25) is 0 Å². The van der Waals surface area contributed by atoms with Crippen LogP contribution in [-0.2, 0) is 11.4 Å². The van der Waals surface area contributed by atoms with E-state index in [1.807, 2.05) is 12.1 Å². The van der Waals surface area contributed by atoms with Gasteiger partial charge in [0.25, 0.3) is 0 Å². The van der Waals surface area contributed by atoms with E-state index in [0.717, 1.165) is 30.2 Å². The van der Waals surface area contributed by atoms with Crippen molar-refractivity contribution in [3.8, 4) is 0 Å². The average Bonchev–Trinajstić information content (AvgIpc) is 2.78. The fraction of sp³-hybridized carbons (Fsp3) is 0.571. The Bertz CT molecular complexity index is 382. The Balaban J connectivity index is 2.09. The molecule has 100 valence electrons. The number of halogens is 1. The Kier molecular flexibility index (Phi) is 4.96. The summed E-state index contributed by atoms with van der Waals surface area (Å²) in [5.41, 5.74) is 1.23. The average molecular weight is 286 g/mol. The van der Waals surface area contributed by atoms with Gasteiger partial charge < -0.3 is 4.55 Å². The van der Waals surface area contributed by atoms with Gasteiger partial charge >= 0.3 is 0 Å². The van der Waals surface area contributed by atoms with Crippen LogP contribution in [-0.4, -0.2) is 21.2 Å². The Morgan fingerprint density at radius 1 is 1.39 bits per heavy atom. The highest BCUT2D eigenvalue weighted by Crippen LogP contribution is 2.35. The van der Waals surface area contributed by atoms with Crippen molar-refractivity contribution in [3.05, 3.63) is 34.9 Å². The van der Waals surface area contributed by atoms with Crippen molar-refractivity contribution >= 4 is 23.0 Å². The largest absolute Gasteiger partial charge is 0.598 e. The summed E-state index contributed by atoms with van der Waals surface area (Å²) in [5, 5.41) is 0.756. The zero-order valence-electron chi connectivity index (χ0n) is 10.9. The SMILES string of the molecule is CC(C)C[S+]([O-])N1CCC[C@H]1c1ccc(Cl)cc1. The summed E-state index contributed by atoms with van der Waals surface area (Å²) >= 11 is 5.05. The lowest BCUT2D eigenvalue weighted by atomic mass is 10.1. The van der Waals surface area contributed by atoms with Crippen LogP contribution in [0.3, 0.4) is 0 Å². The van der Waals surface area contributed by atoms with E-state index in [1.165, 1.54) is 5.56 Å². The van der Waals surface area contributed by atoms with Crippen LogP contribution in [0, 0.1) is 5.92 Å². The second kappa shape index (κ2) is 6.29. The molecule has 1 heterocycles. The number of hydrogen-bond acceptors (Lipinski definition) is 2. The highest BCUT2D eigenvalue weighted by atomic mass is 35.5. The van der Waals surface area contributed by atoms with Gasteiger partial charge in [-0.2, -0.15) is 0 Å². The van der Waals surface area contributed by atoms with E-state index in [2.05, 4.69) is 30.3 Å². The molecule has 0 bridgehead atoms. The molecule has 2 nitrogen and oxygen atoms in total. The molecule has 0 aromatic heterocycles. The summed E-state index contributed by atoms with van der Waals surface area (Å²) in [7, 11) is 0. The molecule has 1 unspecified atom stereocenters. The first-order valence-electron chi connectivity index (χ1n) is 6.48. The standard InChI is InChI=1S/C14H20ClNOS/c1-11(2)10-18(17)16-9-3-4-14(16)12-5-7-13(15)8-6-12/h5-8,11,14H,3-4,9-10H2,1-2H3/t14-,18?/m0/s1. The van der Waals surface area contributed by atoms with E-state index in [1.54, 1.807) is 0 Å². The molecule has 2 atom stereocenters. The lowest BCUT2D eigenvalue weighted by Crippen LogP contribution is -2.34. The van der Waals surface area contributed by atoms with Crippen molar-refractivity contribution in [2.45, 2.75) is 32.7 Å². The van der Waals surface area contributed by atoms with Gasteiger partial charge in [0, 0.05) is 22.9 Å². The van der Waals surface area contributed by atoms with Gasteiger partial charge in [-0.15, -0.1) is 4.31 Å². The van der Waals surface area contributed by atoms with Crippen LogP contribution in [0.25, 0.3) is 0 Å². The molecule has 1 aromatic rings. The minimum Gasteiger partial charge on any atom is -0.598 e. The van der Waals surface area contributed by atoms with E-state index in [0.29, 0.717) is 12.0 Å². The molecule has 4 heteroatoms. The third-order valence-electron chi connectivity index (χ3n) is 3.20. The summed E-state index contributed by atoms with van der Waals surface area (Å²) in [5.74, 6) is 1.22. The lowest BCUT2D eigenvalue weighted by molar-refractivity contribution is 0.393. The van der Waals surface area contributed by atoms with Crippen LogP contribution in [0.4, 0.5) is 0 Å². The molecule has 0 aliphatic carbocycles. The fourth-order valence-corrected chi connectivity index (χ4v) is 4.11. The molecule has 0 spiro atoms. The number of rotatable bonds is 4. The third-order valence-corrected chi connectivity index (χ3v) is 5.36. The van der Waals surface area contributed by atoms with Crippen LogP contribution in [0.5, 0.6) is 0 Å². The molecule has 1 fully saturated rings. The van der Waals surface area contributed by atoms with E-state index in [-0.39, 0.29) is 0 Å². The second-order valence-corrected chi connectivity index (χ2v) is 7.11. The van der Waals surface area contributed by atoms with Crippen molar-refractivity contribution < 1.29 is 4.55 Å². The van der Waals surface area contributed by atoms with Gasteiger partial charge in [0.1, 0.15) is 5.75 Å². The van der Waals surface area contributed by atoms with Crippen molar-refractivity contribution in [1.29, 1.82) is 0 Å². The minimum atomic E-state index is -0.861. The Hall–Kier alpha value is -0.220. The maximum Gasteiger partial charge on any atom is 0.128 e. The van der Waals surface area contributed by atoms with Gasteiger partial charge in [-0.3, -0.25) is 0 Å². The predicted octanol–water partition coefficient (Wildman–Crippen LogP) is 3.80. The third kappa shape index (κ3) is 3.41. The van der Waals surface area contributed by atoms with Crippen molar-refractivity contribution in [2.24, 2.45) is 5.92 Å². The Morgan fingerprint density at radius 2 is 2.06 bits per heavy atom. The van der Waals surface area contributed by atoms with Crippen LogP contribution in [0.2, 0.25) is 5.02 Å². The van der Waals surface area contributed by atoms with Gasteiger partial charge in [-0.25, -0.2) is 0 Å². The fourth-order valence-electron chi connectivity index (χ4n) is 2.38. The summed E-state index contributed by atoms with van der Waals surface area (Å²) < 4.78 is 14.5. The monoisotopic (exact) mass is 285 g/mol. The predicted molar refractivity (Wildman–Crippen MR) is 78.0 cm³/mol. The highest BCUT2D eigenvalue weighted by Gasteiger charge is 2.34. The molecule has 1 aliphatic rings. The van der Waals surface area contributed by atoms with Gasteiger partial charge in [0.15, 0.2) is 0 Å². The normalized spacial score (nSPS) is 22.6. The second-order valence-electron chi connectivity index (χ2n) is 5.23. The quantitative estimate of drug-likeness (QED) is 0.787. The van der Waals surface area contributed by atoms with Gasteiger partial charge in [0.05, 0.1) is 6.04 Å². The molecule has 18 heavy (non-hydrogen) atoms. The molecular formula is C14H20ClNOS. The Labute approximate surface area is 118 Å². The topological polar surface area (TPSA) is 26.3 Å². The summed E-state index contributed by atoms with van der Waals surface area (Å²) in [6.45, 7) is 5.17. The summed E-state index contributed by atoms with van der Waals surface area (Å²) in [6.07, 6.45) is 2.21. The lowest BCUT2D eigenvalue weighted by Gasteiger charge is -2.27. The van der Waals surface area contributed by atoms with Crippen LogP contribution < -0.4 is 0 Å². The van der Waals surface area contributed by atoms with Crippen molar-refractivity contribution in [3.63, 3.8) is 0 Å². The number of hydrogen-bond donors (Lipinski definition) is 0. The van der Waals surface area contributed by atoms with Crippen molar-refractivity contribution in [2.75, 3.05) is 12.3 Å². The molecule has 0 amide bonds. The molecule has 1 aromatic carbocycles. The maximum atomic E-state index is 12.3. The Morgan fingerprint density at radius 3 is 2.67 bits per heavy atom. The summed E-state index contributed by atoms with van der Waals surface area (Å²) in [6, 6.07) is 8.23. The van der Waals surface area contributed by atoms with Crippen LogP contribution in [0.1, 0.15) is 38.3 Å². The first-order valence-corrected chi connectivity index (χ1v) is 8.14. The smallest absolute Gasteiger partial charge is 0.128 e. The van der Waals surface area contributed by atoms with E-state index >= 15 is 0 Å². The number of benzene rings is 1. The van der Waals surface area contributed by atoms with E-state index < -0.39 is 11.4 Å².